The molecule has 0 atom stereocenters. The first-order valence-electron chi connectivity index (χ1n) is 6.26. The molecule has 0 aliphatic rings. The minimum absolute atomic E-state index is 0.750. The average molecular weight is 230 g/mol. The van der Waals surface area contributed by atoms with E-state index in [1.807, 2.05) is 6.07 Å². The molecular formula is C15H22N2. The molecule has 2 heteroatoms. The molecule has 92 valence electrons. The predicted molar refractivity (Wildman–Crippen MR) is 73.5 cm³/mol. The molecule has 0 fully saturated rings. The first-order chi connectivity index (χ1) is 8.36. The van der Waals surface area contributed by atoms with E-state index in [0.29, 0.717) is 0 Å². The maximum Gasteiger partial charge on any atom is 0.0233 e. The molecule has 1 aromatic carbocycles. The summed E-state index contributed by atoms with van der Waals surface area (Å²) in [7, 11) is 0. The normalized spacial score (nSPS) is 10.4. The number of unbranched alkanes of at least 4 members (excludes halogenated alkanes) is 1. The lowest BCUT2D eigenvalue weighted by Gasteiger charge is -2.21. The summed E-state index contributed by atoms with van der Waals surface area (Å²) in [6, 6.07) is 10.5. The van der Waals surface area contributed by atoms with Crippen LogP contribution in [0.1, 0.15) is 24.8 Å². The molecule has 2 nitrogen and oxygen atoms in total. The van der Waals surface area contributed by atoms with E-state index in [1.165, 1.54) is 5.56 Å². The smallest absolute Gasteiger partial charge is 0.0233 e. The lowest BCUT2D eigenvalue weighted by atomic mass is 10.2. The fraction of sp³-hybridized carbons (Fsp3) is 0.467. The van der Waals surface area contributed by atoms with Crippen LogP contribution >= 0.6 is 0 Å². The molecule has 0 aliphatic carbocycles. The van der Waals surface area contributed by atoms with Crippen molar-refractivity contribution in [2.24, 2.45) is 5.73 Å². The summed E-state index contributed by atoms with van der Waals surface area (Å²) in [6.07, 6.45) is 8.24. The number of nitrogens with zero attached hydrogens (tertiary/aromatic N) is 1. The van der Waals surface area contributed by atoms with Crippen molar-refractivity contribution in [3.8, 4) is 12.3 Å². The van der Waals surface area contributed by atoms with Gasteiger partial charge in [-0.15, -0.1) is 12.3 Å². The Labute approximate surface area is 105 Å². The molecule has 0 amide bonds. The van der Waals surface area contributed by atoms with Gasteiger partial charge in [-0.05, 0) is 38.0 Å². The third-order valence-electron chi connectivity index (χ3n) is 2.72. The minimum Gasteiger partial charge on any atom is -0.330 e. The van der Waals surface area contributed by atoms with Crippen molar-refractivity contribution in [2.75, 3.05) is 19.6 Å². The first-order valence-corrected chi connectivity index (χ1v) is 6.26. The van der Waals surface area contributed by atoms with Crippen LogP contribution in [0.2, 0.25) is 0 Å². The van der Waals surface area contributed by atoms with Gasteiger partial charge in [-0.3, -0.25) is 4.90 Å². The molecule has 1 rings (SSSR count). The Morgan fingerprint density at radius 1 is 1.12 bits per heavy atom. The molecule has 0 radical (unpaired) electrons. The van der Waals surface area contributed by atoms with Crippen molar-refractivity contribution in [1.29, 1.82) is 0 Å². The molecule has 17 heavy (non-hydrogen) atoms. The predicted octanol–water partition coefficient (Wildman–Crippen LogP) is 2.25. The summed E-state index contributed by atoms with van der Waals surface area (Å²) in [5.41, 5.74) is 6.92. The highest BCUT2D eigenvalue weighted by Gasteiger charge is 2.04. The van der Waals surface area contributed by atoms with E-state index >= 15 is 0 Å². The van der Waals surface area contributed by atoms with Gasteiger partial charge in [-0.25, -0.2) is 0 Å². The number of nitrogens with two attached hydrogens (primary N) is 1. The first kappa shape index (κ1) is 13.8. The highest BCUT2D eigenvalue weighted by atomic mass is 15.1. The van der Waals surface area contributed by atoms with Gasteiger partial charge in [0, 0.05) is 13.0 Å². The van der Waals surface area contributed by atoms with E-state index in [0.717, 1.165) is 45.4 Å². The standard InChI is InChI=1S/C15H22N2/c1-2-3-7-12-17(13-8-11-16)14-15-9-5-4-6-10-15/h1,4-6,9-10H,3,7-8,11-14,16H2. The van der Waals surface area contributed by atoms with Gasteiger partial charge in [0.05, 0.1) is 0 Å². The Kier molecular flexibility index (Phi) is 7.13. The molecule has 0 heterocycles. The highest BCUT2D eigenvalue weighted by molar-refractivity contribution is 5.14. The molecule has 0 bridgehead atoms. The fourth-order valence-corrected chi connectivity index (χ4v) is 1.83. The second-order valence-electron chi connectivity index (χ2n) is 4.21. The van der Waals surface area contributed by atoms with Gasteiger partial charge in [0.15, 0.2) is 0 Å². The molecule has 1 aromatic rings. The number of hydrogen-bond acceptors (Lipinski definition) is 2. The van der Waals surface area contributed by atoms with Crippen molar-refractivity contribution in [3.63, 3.8) is 0 Å². The van der Waals surface area contributed by atoms with E-state index in [2.05, 4.69) is 35.1 Å². The molecule has 2 N–H and O–H groups in total. The monoisotopic (exact) mass is 230 g/mol. The molecule has 0 spiro atoms. The summed E-state index contributed by atoms with van der Waals surface area (Å²) in [5, 5.41) is 0. The van der Waals surface area contributed by atoms with Crippen molar-refractivity contribution < 1.29 is 0 Å². The van der Waals surface area contributed by atoms with Crippen LogP contribution in [0.5, 0.6) is 0 Å². The van der Waals surface area contributed by atoms with Crippen molar-refractivity contribution in [2.45, 2.75) is 25.8 Å². The van der Waals surface area contributed by atoms with Crippen molar-refractivity contribution >= 4 is 0 Å². The van der Waals surface area contributed by atoms with Crippen LogP contribution in [-0.2, 0) is 6.54 Å². The lowest BCUT2D eigenvalue weighted by molar-refractivity contribution is 0.261. The molecule has 0 aromatic heterocycles. The molecule has 0 aliphatic heterocycles. The van der Waals surface area contributed by atoms with Crippen LogP contribution in [0.3, 0.4) is 0 Å². The Bertz CT molecular complexity index is 327. The zero-order chi connectivity index (χ0) is 12.3. The van der Waals surface area contributed by atoms with Crippen LogP contribution in [0.25, 0.3) is 0 Å². The van der Waals surface area contributed by atoms with Crippen LogP contribution in [0.4, 0.5) is 0 Å². The average Bonchev–Trinajstić information content (AvgIpc) is 2.37. The maximum atomic E-state index is 5.57. The van der Waals surface area contributed by atoms with Gasteiger partial charge in [0.1, 0.15) is 0 Å². The molecule has 0 unspecified atom stereocenters. The summed E-state index contributed by atoms with van der Waals surface area (Å²) < 4.78 is 0. The van der Waals surface area contributed by atoms with Gasteiger partial charge in [-0.1, -0.05) is 30.3 Å². The Morgan fingerprint density at radius 2 is 1.82 bits per heavy atom. The van der Waals surface area contributed by atoms with Gasteiger partial charge in [-0.2, -0.15) is 0 Å². The zero-order valence-corrected chi connectivity index (χ0v) is 10.4. The summed E-state index contributed by atoms with van der Waals surface area (Å²) in [6.45, 7) is 3.85. The summed E-state index contributed by atoms with van der Waals surface area (Å²) in [5.74, 6) is 2.69. The van der Waals surface area contributed by atoms with E-state index in [-0.39, 0.29) is 0 Å². The Hall–Kier alpha value is -1.30. The Balaban J connectivity index is 2.42. The van der Waals surface area contributed by atoms with E-state index < -0.39 is 0 Å². The van der Waals surface area contributed by atoms with Gasteiger partial charge in [0.25, 0.3) is 0 Å². The maximum absolute atomic E-state index is 5.57. The van der Waals surface area contributed by atoms with Crippen molar-refractivity contribution in [3.05, 3.63) is 35.9 Å². The van der Waals surface area contributed by atoms with Gasteiger partial charge >= 0.3 is 0 Å². The molecule has 0 saturated carbocycles. The topological polar surface area (TPSA) is 29.3 Å². The Morgan fingerprint density at radius 3 is 2.47 bits per heavy atom. The number of hydrogen-bond donors (Lipinski definition) is 1. The van der Waals surface area contributed by atoms with Crippen LogP contribution in [-0.4, -0.2) is 24.5 Å². The number of rotatable bonds is 8. The van der Waals surface area contributed by atoms with Crippen LogP contribution < -0.4 is 5.73 Å². The second kappa shape index (κ2) is 8.81. The lowest BCUT2D eigenvalue weighted by Crippen LogP contribution is -2.27. The van der Waals surface area contributed by atoms with Crippen LogP contribution in [0, 0.1) is 12.3 Å². The second-order valence-corrected chi connectivity index (χ2v) is 4.21. The van der Waals surface area contributed by atoms with E-state index in [1.54, 1.807) is 0 Å². The fourth-order valence-electron chi connectivity index (χ4n) is 1.83. The van der Waals surface area contributed by atoms with E-state index in [4.69, 9.17) is 12.2 Å². The third kappa shape index (κ3) is 6.11. The molecule has 0 saturated heterocycles. The minimum atomic E-state index is 0.750. The third-order valence-corrected chi connectivity index (χ3v) is 2.72. The van der Waals surface area contributed by atoms with Gasteiger partial charge < -0.3 is 5.73 Å². The van der Waals surface area contributed by atoms with Crippen LogP contribution in [0.15, 0.2) is 30.3 Å². The zero-order valence-electron chi connectivity index (χ0n) is 10.4. The molecular weight excluding hydrogens is 208 g/mol. The van der Waals surface area contributed by atoms with E-state index in [9.17, 15) is 0 Å². The summed E-state index contributed by atoms with van der Waals surface area (Å²) in [4.78, 5) is 2.43. The van der Waals surface area contributed by atoms with Gasteiger partial charge in [0.2, 0.25) is 0 Å². The highest BCUT2D eigenvalue weighted by Crippen LogP contribution is 2.06. The number of benzene rings is 1. The summed E-state index contributed by atoms with van der Waals surface area (Å²) >= 11 is 0. The number of terminal acetylenes is 1. The SMILES string of the molecule is C#CCCCN(CCCN)Cc1ccccc1. The quantitative estimate of drug-likeness (QED) is 0.548. The van der Waals surface area contributed by atoms with Crippen molar-refractivity contribution in [1.82, 2.24) is 4.90 Å². The largest absolute Gasteiger partial charge is 0.330 e.